The van der Waals surface area contributed by atoms with E-state index in [1.54, 1.807) is 6.20 Å². The summed E-state index contributed by atoms with van der Waals surface area (Å²) in [6, 6.07) is 9.99. The van der Waals surface area contributed by atoms with Gasteiger partial charge in [0.1, 0.15) is 12.5 Å². The van der Waals surface area contributed by atoms with Gasteiger partial charge in [-0.1, -0.05) is 18.2 Å². The van der Waals surface area contributed by atoms with Crippen molar-refractivity contribution in [2.75, 3.05) is 13.6 Å². The fraction of sp³-hybridized carbons (Fsp3) is 0.294. The summed E-state index contributed by atoms with van der Waals surface area (Å²) in [7, 11) is 1.50. The first-order valence-corrected chi connectivity index (χ1v) is 6.96. The van der Waals surface area contributed by atoms with Crippen LogP contribution in [-0.4, -0.2) is 25.4 Å². The van der Waals surface area contributed by atoms with Crippen molar-refractivity contribution in [3.8, 4) is 11.6 Å². The van der Waals surface area contributed by atoms with Gasteiger partial charge >= 0.3 is 0 Å². The van der Waals surface area contributed by atoms with Gasteiger partial charge in [0.2, 0.25) is 5.88 Å². The number of nitrogens with zero attached hydrogens (tertiary/aromatic N) is 1. The van der Waals surface area contributed by atoms with E-state index < -0.39 is 0 Å². The van der Waals surface area contributed by atoms with Crippen LogP contribution in [-0.2, 0) is 11.2 Å². The molecule has 0 aliphatic rings. The van der Waals surface area contributed by atoms with Crippen LogP contribution in [0.2, 0.25) is 0 Å². The molecule has 5 nitrogen and oxygen atoms in total. The van der Waals surface area contributed by atoms with Crippen molar-refractivity contribution < 1.29 is 9.53 Å². The summed E-state index contributed by atoms with van der Waals surface area (Å²) in [5, 5.41) is 0. The molecule has 0 bridgehead atoms. The molecule has 0 saturated heterocycles. The number of aryl methyl sites for hydroxylation is 2. The van der Waals surface area contributed by atoms with Crippen LogP contribution >= 0.6 is 0 Å². The minimum Gasteiger partial charge on any atom is -0.439 e. The van der Waals surface area contributed by atoms with Gasteiger partial charge in [0.15, 0.2) is 0 Å². The average molecular weight is 303 g/mol. The number of benzene rings is 1. The van der Waals surface area contributed by atoms with Gasteiger partial charge < -0.3 is 21.0 Å². The Labute approximate surface area is 132 Å². The van der Waals surface area contributed by atoms with Gasteiger partial charge in [0, 0.05) is 12.3 Å². The molecule has 0 amide bonds. The largest absolute Gasteiger partial charge is 0.439 e. The first kappa shape index (κ1) is 19.8. The number of nitrogens with two attached hydrogens (primary N) is 2. The predicted octanol–water partition coefficient (Wildman–Crippen LogP) is 2.38. The van der Waals surface area contributed by atoms with Crippen LogP contribution in [0.3, 0.4) is 0 Å². The van der Waals surface area contributed by atoms with E-state index in [9.17, 15) is 0 Å². The highest BCUT2D eigenvalue weighted by Crippen LogP contribution is 2.24. The summed E-state index contributed by atoms with van der Waals surface area (Å²) in [5.41, 5.74) is 13.5. The average Bonchev–Trinajstić information content (AvgIpc) is 2.56. The second-order valence-electron chi connectivity index (χ2n) is 4.41. The second kappa shape index (κ2) is 11.4. The molecule has 1 aromatic carbocycles. The molecule has 0 saturated carbocycles. The SMILES string of the molecule is C=O.CN.Cc1ccc(Oc2ccc(CCN)cc2C)nc1. The molecule has 0 aliphatic carbocycles. The molecule has 0 radical (unpaired) electrons. The molecule has 22 heavy (non-hydrogen) atoms. The topological polar surface area (TPSA) is 91.2 Å². The molecule has 0 atom stereocenters. The van der Waals surface area contributed by atoms with Crippen LogP contribution in [0, 0.1) is 13.8 Å². The van der Waals surface area contributed by atoms with E-state index in [1.165, 1.54) is 12.6 Å². The summed E-state index contributed by atoms with van der Waals surface area (Å²) in [6.45, 7) is 6.70. The van der Waals surface area contributed by atoms with Crippen molar-refractivity contribution in [3.05, 3.63) is 53.2 Å². The minimum atomic E-state index is 0.621. The maximum Gasteiger partial charge on any atom is 0.219 e. The molecule has 0 spiro atoms. The Morgan fingerprint density at radius 2 is 1.82 bits per heavy atom. The lowest BCUT2D eigenvalue weighted by molar-refractivity contribution is -0.0979. The Hall–Kier alpha value is -2.24. The van der Waals surface area contributed by atoms with Crippen LogP contribution < -0.4 is 16.2 Å². The summed E-state index contributed by atoms with van der Waals surface area (Å²) < 4.78 is 5.75. The standard InChI is InChI=1S/C15H18N2O.CH5N.CH2O/c1-11-3-6-15(17-10-11)18-14-5-4-13(7-8-16)9-12(14)2;2*1-2/h3-6,9-10H,7-8,16H2,1-2H3;2H2,1H3;1H2. The zero-order valence-electron chi connectivity index (χ0n) is 13.5. The lowest BCUT2D eigenvalue weighted by Gasteiger charge is -2.09. The van der Waals surface area contributed by atoms with E-state index in [2.05, 4.69) is 16.8 Å². The second-order valence-corrected chi connectivity index (χ2v) is 4.41. The molecule has 2 rings (SSSR count). The van der Waals surface area contributed by atoms with Crippen LogP contribution in [0.5, 0.6) is 11.6 Å². The first-order valence-electron chi connectivity index (χ1n) is 6.96. The zero-order chi connectivity index (χ0) is 17.0. The Kier molecular flexibility index (Phi) is 10.3. The Bertz CT molecular complexity index is 542. The fourth-order valence-corrected chi connectivity index (χ4v) is 1.78. The minimum absolute atomic E-state index is 0.621. The van der Waals surface area contributed by atoms with Crippen LogP contribution in [0.4, 0.5) is 0 Å². The van der Waals surface area contributed by atoms with Gasteiger partial charge in [-0.25, -0.2) is 4.98 Å². The van der Waals surface area contributed by atoms with Crippen LogP contribution in [0.1, 0.15) is 16.7 Å². The van der Waals surface area contributed by atoms with Crippen molar-refractivity contribution in [2.24, 2.45) is 11.5 Å². The molecule has 120 valence electrons. The smallest absolute Gasteiger partial charge is 0.219 e. The first-order chi connectivity index (χ1) is 10.7. The van der Waals surface area contributed by atoms with Crippen LogP contribution in [0.15, 0.2) is 36.5 Å². The van der Waals surface area contributed by atoms with Crippen molar-refractivity contribution in [1.82, 2.24) is 4.98 Å². The summed E-state index contributed by atoms with van der Waals surface area (Å²) in [6.07, 6.45) is 2.69. The molecular formula is C17H25N3O2. The van der Waals surface area contributed by atoms with Crippen molar-refractivity contribution in [3.63, 3.8) is 0 Å². The van der Waals surface area contributed by atoms with Crippen molar-refractivity contribution in [2.45, 2.75) is 20.3 Å². The van der Waals surface area contributed by atoms with Gasteiger partial charge in [-0.3, -0.25) is 0 Å². The summed E-state index contributed by atoms with van der Waals surface area (Å²) in [4.78, 5) is 12.2. The normalized spacial score (nSPS) is 8.95. The van der Waals surface area contributed by atoms with Crippen LogP contribution in [0.25, 0.3) is 0 Å². The summed E-state index contributed by atoms with van der Waals surface area (Å²) >= 11 is 0. The molecule has 1 heterocycles. The third-order valence-electron chi connectivity index (χ3n) is 2.77. The third-order valence-corrected chi connectivity index (χ3v) is 2.77. The number of ether oxygens (including phenoxy) is 1. The Morgan fingerprint density at radius 1 is 1.14 bits per heavy atom. The van der Waals surface area contributed by atoms with E-state index in [1.807, 2.05) is 44.9 Å². The number of hydrogen-bond acceptors (Lipinski definition) is 5. The number of rotatable bonds is 4. The molecule has 0 unspecified atom stereocenters. The number of aromatic nitrogens is 1. The lowest BCUT2D eigenvalue weighted by atomic mass is 10.1. The van der Waals surface area contributed by atoms with Gasteiger partial charge in [-0.15, -0.1) is 0 Å². The molecule has 5 heteroatoms. The predicted molar refractivity (Wildman–Crippen MR) is 90.2 cm³/mol. The van der Waals surface area contributed by atoms with E-state index in [-0.39, 0.29) is 0 Å². The van der Waals surface area contributed by atoms with Crippen molar-refractivity contribution in [1.29, 1.82) is 0 Å². The van der Waals surface area contributed by atoms with E-state index in [4.69, 9.17) is 15.3 Å². The number of hydrogen-bond donors (Lipinski definition) is 2. The Morgan fingerprint density at radius 3 is 2.32 bits per heavy atom. The molecule has 1 aromatic heterocycles. The van der Waals surface area contributed by atoms with Gasteiger partial charge in [0.05, 0.1) is 0 Å². The molecule has 0 aliphatic heterocycles. The Balaban J connectivity index is 0.00000102. The molecule has 2 aromatic rings. The third kappa shape index (κ3) is 6.47. The molecular weight excluding hydrogens is 278 g/mol. The maximum atomic E-state index is 8.00. The molecule has 0 fully saturated rings. The van der Waals surface area contributed by atoms with Gasteiger partial charge in [0.25, 0.3) is 0 Å². The maximum absolute atomic E-state index is 8.00. The highest BCUT2D eigenvalue weighted by atomic mass is 16.5. The number of carbonyl (C=O) groups is 1. The highest BCUT2D eigenvalue weighted by molar-refractivity contribution is 5.38. The quantitative estimate of drug-likeness (QED) is 0.905. The molecule has 4 N–H and O–H groups in total. The van der Waals surface area contributed by atoms with E-state index in [0.717, 1.165) is 23.3 Å². The van der Waals surface area contributed by atoms with Gasteiger partial charge in [-0.2, -0.15) is 0 Å². The van der Waals surface area contributed by atoms with Gasteiger partial charge in [-0.05, 0) is 56.6 Å². The summed E-state index contributed by atoms with van der Waals surface area (Å²) in [5.74, 6) is 1.46. The highest BCUT2D eigenvalue weighted by Gasteiger charge is 2.03. The zero-order valence-corrected chi connectivity index (χ0v) is 13.5. The van der Waals surface area contributed by atoms with Crippen molar-refractivity contribution >= 4 is 6.79 Å². The number of pyridine rings is 1. The fourth-order valence-electron chi connectivity index (χ4n) is 1.78. The van der Waals surface area contributed by atoms with E-state index in [0.29, 0.717) is 12.4 Å². The number of carbonyl (C=O) groups excluding carboxylic acids is 1. The lowest BCUT2D eigenvalue weighted by Crippen LogP contribution is -2.03. The van der Waals surface area contributed by atoms with E-state index >= 15 is 0 Å². The monoisotopic (exact) mass is 303 g/mol.